The first-order valence-electron chi connectivity index (χ1n) is 9.03. The lowest BCUT2D eigenvalue weighted by Crippen LogP contribution is -2.44. The first-order valence-corrected chi connectivity index (χ1v) is 9.03. The van der Waals surface area contributed by atoms with Crippen molar-refractivity contribution in [1.29, 1.82) is 0 Å². The van der Waals surface area contributed by atoms with E-state index < -0.39 is 30.1 Å². The standard InChI is InChI=1S/C17H26N4O6/c1-18-12(22)10-20(2)13(23)11-27-14(24)6-5-9-21-15(25)17(19-16(21)26)7-3-4-8-17/h3-11H2,1-2H3,(H,18,22)(H,19,26). The van der Waals surface area contributed by atoms with Crippen LogP contribution in [-0.2, 0) is 23.9 Å². The third-order valence-electron chi connectivity index (χ3n) is 4.91. The van der Waals surface area contributed by atoms with E-state index in [1.165, 1.54) is 14.1 Å². The summed E-state index contributed by atoms with van der Waals surface area (Å²) in [5, 5.41) is 5.17. The van der Waals surface area contributed by atoms with Crippen molar-refractivity contribution in [3.63, 3.8) is 0 Å². The van der Waals surface area contributed by atoms with E-state index in [-0.39, 0.29) is 37.7 Å². The molecule has 1 aliphatic carbocycles. The number of likely N-dealkylation sites (N-methyl/N-ethyl adjacent to an activating group) is 2. The molecule has 10 heteroatoms. The number of hydrogen-bond donors (Lipinski definition) is 2. The minimum absolute atomic E-state index is 0.0174. The van der Waals surface area contributed by atoms with Gasteiger partial charge in [-0.3, -0.25) is 24.1 Å². The van der Waals surface area contributed by atoms with Crippen molar-refractivity contribution in [2.45, 2.75) is 44.1 Å². The molecule has 10 nitrogen and oxygen atoms in total. The highest BCUT2D eigenvalue weighted by molar-refractivity contribution is 6.07. The van der Waals surface area contributed by atoms with E-state index in [9.17, 15) is 24.0 Å². The van der Waals surface area contributed by atoms with Crippen molar-refractivity contribution < 1.29 is 28.7 Å². The van der Waals surface area contributed by atoms with Crippen molar-refractivity contribution in [2.24, 2.45) is 0 Å². The monoisotopic (exact) mass is 382 g/mol. The van der Waals surface area contributed by atoms with Gasteiger partial charge in [0.1, 0.15) is 5.54 Å². The van der Waals surface area contributed by atoms with E-state index in [0.717, 1.165) is 22.6 Å². The van der Waals surface area contributed by atoms with Crippen LogP contribution in [0.1, 0.15) is 38.5 Å². The van der Waals surface area contributed by atoms with Crippen molar-refractivity contribution in [2.75, 3.05) is 33.8 Å². The highest BCUT2D eigenvalue weighted by atomic mass is 16.5. The van der Waals surface area contributed by atoms with E-state index in [1.807, 2.05) is 0 Å². The Labute approximate surface area is 157 Å². The molecule has 0 aromatic heterocycles. The molecule has 2 N–H and O–H groups in total. The minimum Gasteiger partial charge on any atom is -0.456 e. The second-order valence-corrected chi connectivity index (χ2v) is 6.86. The molecule has 0 aromatic carbocycles. The molecule has 2 aliphatic rings. The van der Waals surface area contributed by atoms with Crippen LogP contribution in [0.25, 0.3) is 0 Å². The van der Waals surface area contributed by atoms with Crippen LogP contribution in [0.5, 0.6) is 0 Å². The maximum Gasteiger partial charge on any atom is 0.325 e. The Bertz CT molecular complexity index is 629. The lowest BCUT2D eigenvalue weighted by Gasteiger charge is -2.20. The smallest absolute Gasteiger partial charge is 0.325 e. The molecule has 1 saturated carbocycles. The van der Waals surface area contributed by atoms with E-state index in [2.05, 4.69) is 10.6 Å². The Morgan fingerprint density at radius 1 is 1.26 bits per heavy atom. The number of amides is 5. The summed E-state index contributed by atoms with van der Waals surface area (Å²) in [5.74, 6) is -1.64. The van der Waals surface area contributed by atoms with Crippen LogP contribution in [0.4, 0.5) is 4.79 Å². The lowest BCUT2D eigenvalue weighted by atomic mass is 9.98. The van der Waals surface area contributed by atoms with Gasteiger partial charge in [-0.25, -0.2) is 4.79 Å². The average molecular weight is 382 g/mol. The molecule has 0 radical (unpaired) electrons. The number of hydrogen-bond acceptors (Lipinski definition) is 6. The minimum atomic E-state index is -0.751. The Kier molecular flexibility index (Phi) is 6.75. The summed E-state index contributed by atoms with van der Waals surface area (Å²) in [6, 6.07) is -0.415. The third kappa shape index (κ3) is 4.95. The fourth-order valence-corrected chi connectivity index (χ4v) is 3.29. The highest BCUT2D eigenvalue weighted by Gasteiger charge is 2.52. The molecule has 150 valence electrons. The van der Waals surface area contributed by atoms with E-state index in [1.54, 1.807) is 0 Å². The van der Waals surface area contributed by atoms with Gasteiger partial charge in [0.25, 0.3) is 11.8 Å². The second kappa shape index (κ2) is 8.83. The summed E-state index contributed by atoms with van der Waals surface area (Å²) in [4.78, 5) is 61.5. The Hall–Kier alpha value is -2.65. The van der Waals surface area contributed by atoms with Gasteiger partial charge in [-0.05, 0) is 19.3 Å². The van der Waals surface area contributed by atoms with Gasteiger partial charge in [0.15, 0.2) is 6.61 Å². The molecule has 1 aliphatic heterocycles. The van der Waals surface area contributed by atoms with Crippen LogP contribution in [0.15, 0.2) is 0 Å². The number of nitrogens with one attached hydrogen (secondary N) is 2. The molecular weight excluding hydrogens is 356 g/mol. The maximum atomic E-state index is 12.5. The van der Waals surface area contributed by atoms with Crippen LogP contribution in [0.3, 0.4) is 0 Å². The summed E-state index contributed by atoms with van der Waals surface area (Å²) in [7, 11) is 2.89. The summed E-state index contributed by atoms with van der Waals surface area (Å²) < 4.78 is 4.89. The van der Waals surface area contributed by atoms with Gasteiger partial charge in [-0.2, -0.15) is 0 Å². The van der Waals surface area contributed by atoms with Gasteiger partial charge in [0.05, 0.1) is 6.54 Å². The van der Waals surface area contributed by atoms with Gasteiger partial charge in [0.2, 0.25) is 5.91 Å². The van der Waals surface area contributed by atoms with E-state index in [0.29, 0.717) is 12.8 Å². The van der Waals surface area contributed by atoms with Crippen molar-refractivity contribution in [1.82, 2.24) is 20.4 Å². The Morgan fingerprint density at radius 2 is 1.93 bits per heavy atom. The van der Waals surface area contributed by atoms with E-state index >= 15 is 0 Å². The fourth-order valence-electron chi connectivity index (χ4n) is 3.29. The summed E-state index contributed by atoms with van der Waals surface area (Å²) >= 11 is 0. The summed E-state index contributed by atoms with van der Waals surface area (Å²) in [6.45, 7) is -0.453. The molecule has 27 heavy (non-hydrogen) atoms. The highest BCUT2D eigenvalue weighted by Crippen LogP contribution is 2.35. The zero-order chi connectivity index (χ0) is 20.0. The predicted octanol–water partition coefficient (Wildman–Crippen LogP) is -0.621. The predicted molar refractivity (Wildman–Crippen MR) is 93.3 cm³/mol. The van der Waals surface area contributed by atoms with Crippen molar-refractivity contribution in [3.8, 4) is 0 Å². The number of esters is 1. The number of rotatable bonds is 8. The van der Waals surface area contributed by atoms with Crippen molar-refractivity contribution in [3.05, 3.63) is 0 Å². The zero-order valence-corrected chi connectivity index (χ0v) is 15.7. The topological polar surface area (TPSA) is 125 Å². The normalized spacial score (nSPS) is 17.8. The lowest BCUT2D eigenvalue weighted by molar-refractivity contribution is -0.152. The summed E-state index contributed by atoms with van der Waals surface area (Å²) in [5.41, 5.74) is -0.751. The third-order valence-corrected chi connectivity index (χ3v) is 4.91. The van der Waals surface area contributed by atoms with Gasteiger partial charge >= 0.3 is 12.0 Å². The first kappa shape index (κ1) is 20.7. The number of nitrogens with zero attached hydrogens (tertiary/aromatic N) is 2. The largest absolute Gasteiger partial charge is 0.456 e. The van der Waals surface area contributed by atoms with Crippen LogP contribution < -0.4 is 10.6 Å². The number of urea groups is 1. The van der Waals surface area contributed by atoms with Gasteiger partial charge in [-0.15, -0.1) is 0 Å². The zero-order valence-electron chi connectivity index (χ0n) is 15.7. The second-order valence-electron chi connectivity index (χ2n) is 6.86. The van der Waals surface area contributed by atoms with Gasteiger partial charge in [-0.1, -0.05) is 12.8 Å². The molecule has 0 atom stereocenters. The Morgan fingerprint density at radius 3 is 2.56 bits per heavy atom. The quantitative estimate of drug-likeness (QED) is 0.426. The number of imide groups is 1. The molecule has 2 fully saturated rings. The van der Waals surface area contributed by atoms with Crippen LogP contribution in [0.2, 0.25) is 0 Å². The molecule has 0 aromatic rings. The molecular formula is C17H26N4O6. The molecule has 0 bridgehead atoms. The molecule has 1 heterocycles. The van der Waals surface area contributed by atoms with Crippen molar-refractivity contribution >= 4 is 29.7 Å². The molecule has 1 saturated heterocycles. The molecule has 1 spiro atoms. The molecule has 2 rings (SSSR count). The number of ether oxygens (including phenoxy) is 1. The molecule has 0 unspecified atom stereocenters. The Balaban J connectivity index is 1.69. The van der Waals surface area contributed by atoms with Crippen LogP contribution >= 0.6 is 0 Å². The first-order chi connectivity index (χ1) is 12.8. The van der Waals surface area contributed by atoms with Crippen LogP contribution in [-0.4, -0.2) is 78.9 Å². The number of carbonyl (C=O) groups is 5. The SMILES string of the molecule is CNC(=O)CN(C)C(=O)COC(=O)CCCN1C(=O)NC2(CCCC2)C1=O. The van der Waals surface area contributed by atoms with E-state index in [4.69, 9.17) is 4.74 Å². The summed E-state index contributed by atoms with van der Waals surface area (Å²) in [6.07, 6.45) is 3.37. The van der Waals surface area contributed by atoms with Crippen LogP contribution in [0, 0.1) is 0 Å². The van der Waals surface area contributed by atoms with Gasteiger partial charge < -0.3 is 20.3 Å². The average Bonchev–Trinajstić information content (AvgIpc) is 3.19. The number of carbonyl (C=O) groups excluding carboxylic acids is 5. The van der Waals surface area contributed by atoms with Gasteiger partial charge in [0, 0.05) is 27.1 Å². The molecule has 5 amide bonds. The maximum absolute atomic E-state index is 12.5. The fraction of sp³-hybridized carbons (Fsp3) is 0.706.